The van der Waals surface area contributed by atoms with Gasteiger partial charge in [0.25, 0.3) is 0 Å². The lowest BCUT2D eigenvalue weighted by Gasteiger charge is -2.36. The highest BCUT2D eigenvalue weighted by Gasteiger charge is 2.29. The molecular weight excluding hydrogens is 173 g/mol. The summed E-state index contributed by atoms with van der Waals surface area (Å²) in [5.41, 5.74) is 0.455. The highest BCUT2D eigenvalue weighted by molar-refractivity contribution is 8.04. The largest absolute Gasteiger partial charge is 0.296 e. The minimum atomic E-state index is 0.455. The molecule has 0 spiro atoms. The van der Waals surface area contributed by atoms with Crippen molar-refractivity contribution in [2.75, 3.05) is 6.54 Å². The van der Waals surface area contributed by atoms with Crippen molar-refractivity contribution in [2.24, 2.45) is 5.41 Å². The van der Waals surface area contributed by atoms with E-state index in [9.17, 15) is 0 Å². The monoisotopic (exact) mass is 191 g/mol. The molecule has 0 amide bonds. The molecule has 0 aromatic carbocycles. The van der Waals surface area contributed by atoms with Crippen LogP contribution in [0.2, 0.25) is 0 Å². The molecule has 1 heterocycles. The van der Waals surface area contributed by atoms with E-state index in [1.807, 2.05) is 0 Å². The topological polar surface area (TPSA) is 12.0 Å². The van der Waals surface area contributed by atoms with Gasteiger partial charge in [-0.25, -0.2) is 0 Å². The van der Waals surface area contributed by atoms with E-state index in [0.717, 1.165) is 19.0 Å². The summed E-state index contributed by atoms with van der Waals surface area (Å²) in [6.07, 6.45) is 0. The van der Waals surface area contributed by atoms with Crippen LogP contribution in [-0.4, -0.2) is 16.8 Å². The van der Waals surface area contributed by atoms with Gasteiger partial charge in [-0.3, -0.25) is 5.09 Å². The molecule has 0 saturated carbocycles. The molecular formula is C8H18NPS. The van der Waals surface area contributed by atoms with Gasteiger partial charge in [-0.15, -0.1) is 11.8 Å². The fourth-order valence-electron chi connectivity index (χ4n) is 1.13. The lowest BCUT2D eigenvalue weighted by Crippen LogP contribution is -2.36. The molecule has 0 aromatic heterocycles. The zero-order valence-corrected chi connectivity index (χ0v) is 9.59. The zero-order valence-electron chi connectivity index (χ0n) is 7.77. The van der Waals surface area contributed by atoms with Crippen molar-refractivity contribution in [3.05, 3.63) is 0 Å². The highest BCUT2D eigenvalue weighted by atomic mass is 32.2. The van der Waals surface area contributed by atoms with Gasteiger partial charge in [0, 0.05) is 16.8 Å². The Kier molecular flexibility index (Phi) is 3.25. The third kappa shape index (κ3) is 2.93. The Balaban J connectivity index is 2.46. The van der Waals surface area contributed by atoms with Crippen LogP contribution in [0.3, 0.4) is 0 Å². The molecule has 1 rings (SSSR count). The van der Waals surface area contributed by atoms with Gasteiger partial charge in [-0.2, -0.15) is 0 Å². The Morgan fingerprint density at radius 2 is 2.09 bits per heavy atom. The maximum Gasteiger partial charge on any atom is 0.0326 e. The molecule has 0 aliphatic carbocycles. The first kappa shape index (κ1) is 9.83. The van der Waals surface area contributed by atoms with Crippen molar-refractivity contribution in [1.29, 1.82) is 0 Å². The highest BCUT2D eigenvalue weighted by Crippen LogP contribution is 2.41. The summed E-state index contributed by atoms with van der Waals surface area (Å²) in [6, 6.07) is 0. The van der Waals surface area contributed by atoms with E-state index in [2.05, 4.69) is 44.5 Å². The van der Waals surface area contributed by atoms with Crippen LogP contribution in [0.5, 0.6) is 0 Å². The van der Waals surface area contributed by atoms with Crippen LogP contribution in [-0.2, 0) is 0 Å². The SMILES string of the molecule is CC1PNCC(C(C)(C)C)S1. The molecule has 66 valence electrons. The van der Waals surface area contributed by atoms with Gasteiger partial charge in [0.05, 0.1) is 0 Å². The molecule has 1 aliphatic rings. The van der Waals surface area contributed by atoms with Crippen LogP contribution in [0, 0.1) is 5.41 Å². The van der Waals surface area contributed by atoms with Gasteiger partial charge in [0.1, 0.15) is 0 Å². The van der Waals surface area contributed by atoms with Gasteiger partial charge in [-0.05, 0) is 21.1 Å². The third-order valence-electron chi connectivity index (χ3n) is 1.93. The first-order valence-electron chi connectivity index (χ1n) is 4.14. The zero-order chi connectivity index (χ0) is 8.48. The van der Waals surface area contributed by atoms with Crippen LogP contribution < -0.4 is 5.09 Å². The summed E-state index contributed by atoms with van der Waals surface area (Å²) in [4.78, 5) is 0.813. The average molecular weight is 191 g/mol. The third-order valence-corrected chi connectivity index (χ3v) is 5.11. The predicted molar refractivity (Wildman–Crippen MR) is 56.6 cm³/mol. The molecule has 0 bridgehead atoms. The van der Waals surface area contributed by atoms with Gasteiger partial charge in [0.2, 0.25) is 0 Å². The van der Waals surface area contributed by atoms with E-state index in [-0.39, 0.29) is 0 Å². The number of thioether (sulfide) groups is 1. The fraction of sp³-hybridized carbons (Fsp3) is 1.00. The summed E-state index contributed by atoms with van der Waals surface area (Å²) < 4.78 is 0. The lowest BCUT2D eigenvalue weighted by molar-refractivity contribution is 0.392. The first-order valence-corrected chi connectivity index (χ1v) is 6.16. The second kappa shape index (κ2) is 3.64. The van der Waals surface area contributed by atoms with Crippen LogP contribution in [0.4, 0.5) is 0 Å². The van der Waals surface area contributed by atoms with Crippen LogP contribution in [0.25, 0.3) is 0 Å². The van der Waals surface area contributed by atoms with Crippen LogP contribution in [0.15, 0.2) is 0 Å². The van der Waals surface area contributed by atoms with Crippen molar-refractivity contribution in [3.8, 4) is 0 Å². The van der Waals surface area contributed by atoms with Gasteiger partial charge in [-0.1, -0.05) is 20.8 Å². The summed E-state index contributed by atoms with van der Waals surface area (Å²) in [7, 11) is 0.953. The number of rotatable bonds is 0. The minimum Gasteiger partial charge on any atom is -0.296 e. The molecule has 3 unspecified atom stereocenters. The van der Waals surface area contributed by atoms with E-state index in [1.165, 1.54) is 6.54 Å². The Hall–Kier alpha value is 0.740. The number of nitrogens with one attached hydrogen (secondary N) is 1. The fourth-order valence-corrected chi connectivity index (χ4v) is 3.99. The average Bonchev–Trinajstić information content (AvgIpc) is 1.86. The van der Waals surface area contributed by atoms with E-state index < -0.39 is 0 Å². The molecule has 3 heteroatoms. The predicted octanol–water partition coefficient (Wildman–Crippen LogP) is 2.68. The van der Waals surface area contributed by atoms with Crippen molar-refractivity contribution in [1.82, 2.24) is 5.09 Å². The maximum atomic E-state index is 3.50. The normalized spacial score (nSPS) is 36.0. The summed E-state index contributed by atoms with van der Waals surface area (Å²) in [6.45, 7) is 10.5. The second-order valence-corrected chi connectivity index (χ2v) is 7.63. The number of hydrogen-bond donors (Lipinski definition) is 1. The van der Waals surface area contributed by atoms with Gasteiger partial charge >= 0.3 is 0 Å². The molecule has 1 saturated heterocycles. The molecule has 0 radical (unpaired) electrons. The molecule has 0 aromatic rings. The molecule has 1 N–H and O–H groups in total. The Morgan fingerprint density at radius 3 is 2.45 bits per heavy atom. The van der Waals surface area contributed by atoms with E-state index in [1.54, 1.807) is 0 Å². The molecule has 3 atom stereocenters. The molecule has 1 fully saturated rings. The first-order chi connectivity index (χ1) is 5.00. The van der Waals surface area contributed by atoms with Crippen molar-refractivity contribution in [2.45, 2.75) is 37.9 Å². The van der Waals surface area contributed by atoms with Gasteiger partial charge in [0.15, 0.2) is 0 Å². The van der Waals surface area contributed by atoms with Gasteiger partial charge < -0.3 is 0 Å². The van der Waals surface area contributed by atoms with Crippen LogP contribution in [0.1, 0.15) is 27.7 Å². The second-order valence-electron chi connectivity index (χ2n) is 4.16. The molecule has 1 aliphatic heterocycles. The van der Waals surface area contributed by atoms with Crippen molar-refractivity contribution in [3.63, 3.8) is 0 Å². The molecule has 1 nitrogen and oxygen atoms in total. The number of hydrogen-bond acceptors (Lipinski definition) is 2. The standard InChI is InChI=1S/C8H18NPS/c1-6-10-9-5-7(11-6)8(2,3)4/h6-7,9-10H,5H2,1-4H3. The summed E-state index contributed by atoms with van der Waals surface area (Å²) in [5.74, 6) is 0. The van der Waals surface area contributed by atoms with E-state index in [4.69, 9.17) is 0 Å². The maximum absolute atomic E-state index is 3.50. The van der Waals surface area contributed by atoms with Crippen molar-refractivity contribution >= 4 is 20.5 Å². The summed E-state index contributed by atoms with van der Waals surface area (Å²) >= 11 is 2.14. The Morgan fingerprint density at radius 1 is 1.45 bits per heavy atom. The minimum absolute atomic E-state index is 0.455. The Labute approximate surface area is 75.9 Å². The molecule has 11 heavy (non-hydrogen) atoms. The Bertz CT molecular complexity index is 133. The van der Waals surface area contributed by atoms with E-state index in [0.29, 0.717) is 5.41 Å². The van der Waals surface area contributed by atoms with Crippen molar-refractivity contribution < 1.29 is 0 Å². The van der Waals surface area contributed by atoms with Crippen LogP contribution >= 0.6 is 20.5 Å². The van der Waals surface area contributed by atoms with E-state index >= 15 is 0 Å². The summed E-state index contributed by atoms with van der Waals surface area (Å²) in [5, 5.41) is 4.29. The lowest BCUT2D eigenvalue weighted by atomic mass is 9.92. The quantitative estimate of drug-likeness (QED) is 0.591. The smallest absolute Gasteiger partial charge is 0.0326 e.